The fraction of sp³-hybridized carbons (Fsp3) is 1.00. The first kappa shape index (κ1) is 79.9. The van der Waals surface area contributed by atoms with Crippen molar-refractivity contribution in [1.29, 1.82) is 0 Å². The summed E-state index contributed by atoms with van der Waals surface area (Å²) in [4.78, 5) is 0. The van der Waals surface area contributed by atoms with E-state index in [2.05, 4.69) is 28.4 Å². The monoisotopic (exact) mass is 1250 g/mol. The smallest absolute Gasteiger partial charge is 0.183 e. The summed E-state index contributed by atoms with van der Waals surface area (Å²) in [5, 5.41) is 271. The molecule has 37 nitrogen and oxygen atoms in total. The Labute approximate surface area is 478 Å². The molecule has 0 radical (unpaired) electrons. The highest BCUT2D eigenvalue weighted by atomic mass is 32.2. The maximum absolute atomic E-state index is 9.58. The molecule has 498 valence electrons. The van der Waals surface area contributed by atoms with Gasteiger partial charge in [-0.05, 0) is 41.5 Å². The minimum absolute atomic E-state index is 0.221. The highest BCUT2D eigenvalue weighted by Crippen LogP contribution is 2.25. The number of ether oxygens (including phenoxy) is 7. The van der Waals surface area contributed by atoms with E-state index in [1.54, 1.807) is 0 Å². The molecule has 0 aromatic carbocycles. The van der Waals surface area contributed by atoms with Crippen LogP contribution in [0.2, 0.25) is 0 Å². The summed E-state index contributed by atoms with van der Waals surface area (Å²) >= 11 is 1.20. The minimum Gasteiger partial charge on any atom is -0.394 e. The van der Waals surface area contributed by atoms with Gasteiger partial charge in [0, 0.05) is 11.5 Å². The third kappa shape index (κ3) is 23.3. The summed E-state index contributed by atoms with van der Waals surface area (Å²) < 4.78 is 33.0. The molecule has 36 unspecified atom stereocenters. The lowest BCUT2D eigenvalue weighted by Gasteiger charge is -2.38. The van der Waals surface area contributed by atoms with Crippen LogP contribution >= 0.6 is 11.8 Å². The van der Waals surface area contributed by atoms with Gasteiger partial charge in [-0.1, -0.05) is 0 Å². The van der Waals surface area contributed by atoms with E-state index in [4.69, 9.17) is 138 Å². The molecule has 83 heavy (non-hydrogen) atoms. The van der Waals surface area contributed by atoms with Crippen LogP contribution in [0.3, 0.4) is 0 Å². The number of rotatable bonds is 5. The number of hydrogen-bond acceptors (Lipinski definition) is 38. The van der Waals surface area contributed by atoms with E-state index < -0.39 is 221 Å². The van der Waals surface area contributed by atoms with Gasteiger partial charge < -0.3 is 186 Å². The molecule has 30 N–H and O–H groups in total. The molecule has 7 aliphatic rings. The van der Waals surface area contributed by atoms with Crippen molar-refractivity contribution in [3.8, 4) is 0 Å². The van der Waals surface area contributed by atoms with Gasteiger partial charge in [-0.15, -0.1) is 0 Å². The van der Waals surface area contributed by atoms with E-state index >= 15 is 0 Å². The quantitative estimate of drug-likeness (QED) is 0.122. The van der Waals surface area contributed by atoms with Crippen LogP contribution in [0.25, 0.3) is 0 Å². The Kier molecular flexibility index (Phi) is 35.7. The van der Waals surface area contributed by atoms with E-state index in [1.807, 2.05) is 0 Å². The van der Waals surface area contributed by atoms with Gasteiger partial charge in [-0.2, -0.15) is 11.8 Å². The van der Waals surface area contributed by atoms with Crippen LogP contribution in [0.1, 0.15) is 41.5 Å². The summed E-state index contributed by atoms with van der Waals surface area (Å²) in [6.07, 6.45) is -43.5. The third-order valence-corrected chi connectivity index (χ3v) is 14.6. The average molecular weight is 1260 g/mol. The van der Waals surface area contributed by atoms with Crippen LogP contribution in [0.15, 0.2) is 0 Å². The first-order chi connectivity index (χ1) is 38.2. The van der Waals surface area contributed by atoms with Crippen molar-refractivity contribution >= 4 is 11.8 Å². The number of thioether (sulfide) groups is 1. The zero-order valence-corrected chi connectivity index (χ0v) is 46.4. The van der Waals surface area contributed by atoms with Crippen molar-refractivity contribution in [3.63, 3.8) is 0 Å². The Morgan fingerprint density at radius 1 is 0.253 bits per heavy atom. The van der Waals surface area contributed by atoms with Crippen molar-refractivity contribution in [3.05, 3.63) is 0 Å². The lowest BCUT2D eigenvalue weighted by atomic mass is 10.0. The first-order valence-corrected chi connectivity index (χ1v) is 26.9. The van der Waals surface area contributed by atoms with Crippen LogP contribution < -0.4 is 0 Å². The van der Waals surface area contributed by atoms with Crippen molar-refractivity contribution < 1.29 is 186 Å². The van der Waals surface area contributed by atoms with Gasteiger partial charge in [0.2, 0.25) is 0 Å². The predicted molar refractivity (Wildman–Crippen MR) is 267 cm³/mol. The fourth-order valence-electron chi connectivity index (χ4n) is 7.62. The normalized spacial score (nSPS) is 50.1. The van der Waals surface area contributed by atoms with Crippen LogP contribution in [0.4, 0.5) is 0 Å². The molecule has 7 aliphatic heterocycles. The Bertz CT molecular complexity index is 1400. The maximum Gasteiger partial charge on any atom is 0.183 e. The maximum atomic E-state index is 9.58. The summed E-state index contributed by atoms with van der Waals surface area (Å²) in [7, 11) is 0. The predicted octanol–water partition coefficient (Wildman–Crippen LogP) is -16.3. The second kappa shape index (κ2) is 37.1. The zero-order valence-electron chi connectivity index (χ0n) is 45.6. The molecule has 0 spiro atoms. The molecule has 0 aliphatic carbocycles. The van der Waals surface area contributed by atoms with Crippen molar-refractivity contribution in [1.82, 2.24) is 0 Å². The highest BCUT2D eigenvalue weighted by Gasteiger charge is 2.46. The standard InChI is InChI=1S/C9H18O7S.6C6H12O5/c10-1-4(11)2-17-3-5-6(12)7(13)8(14)9(15)16-5;6*1-2-3(7)4(8)5(9)6(10)11-2/h4-15H,1-3H2;6*2-10H,1H3. The lowest BCUT2D eigenvalue weighted by molar-refractivity contribution is -0.277. The first-order valence-electron chi connectivity index (χ1n) is 25.7. The Morgan fingerprint density at radius 3 is 0.602 bits per heavy atom. The highest BCUT2D eigenvalue weighted by molar-refractivity contribution is 7.99. The minimum atomic E-state index is -1.54. The molecule has 0 aromatic heterocycles. The molecule has 7 fully saturated rings. The Morgan fingerprint density at radius 2 is 0.422 bits per heavy atom. The third-order valence-electron chi connectivity index (χ3n) is 13.5. The average Bonchev–Trinajstić information content (AvgIpc) is 3.51. The summed E-state index contributed by atoms with van der Waals surface area (Å²) in [5.74, 6) is 0.469. The molecule has 36 atom stereocenters. The van der Waals surface area contributed by atoms with Crippen LogP contribution in [-0.2, 0) is 33.2 Å². The SMILES string of the molecule is CC1OC(O)C(O)C(O)C1O.CC1OC(O)C(O)C(O)C1O.CC1OC(O)C(O)C(O)C1O.CC1OC(O)C(O)C(O)C1O.CC1OC(O)C(O)C(O)C1O.CC1OC(O)C(O)C(O)C1O.OCC(O)CSCC1OC(O)C(O)C(O)C1O. The summed E-state index contributed by atoms with van der Waals surface area (Å²) in [6, 6.07) is 0. The lowest BCUT2D eigenvalue weighted by Crippen LogP contribution is -2.58. The molecule has 38 heteroatoms. The molecule has 0 bridgehead atoms. The molecular weight excluding hydrogens is 1160 g/mol. The van der Waals surface area contributed by atoms with Crippen molar-refractivity contribution in [2.24, 2.45) is 0 Å². The van der Waals surface area contributed by atoms with Gasteiger partial charge in [-0.3, -0.25) is 0 Å². The molecule has 0 amide bonds. The summed E-state index contributed by atoms with van der Waals surface area (Å²) in [6.45, 7) is 8.66. The number of hydrogen-bond donors (Lipinski definition) is 30. The fourth-order valence-corrected chi connectivity index (χ4v) is 8.64. The summed E-state index contributed by atoms with van der Waals surface area (Å²) in [5.41, 5.74) is 0. The van der Waals surface area contributed by atoms with Gasteiger partial charge >= 0.3 is 0 Å². The molecule has 0 saturated carbocycles. The molecular formula is C45H90O37S. The van der Waals surface area contributed by atoms with E-state index in [-0.39, 0.29) is 18.1 Å². The second-order valence-corrected chi connectivity index (χ2v) is 21.2. The number of aliphatic hydroxyl groups is 30. The Hall–Kier alpha value is -1.13. The van der Waals surface area contributed by atoms with E-state index in [9.17, 15) is 20.4 Å². The van der Waals surface area contributed by atoms with E-state index in [1.165, 1.54) is 53.3 Å². The van der Waals surface area contributed by atoms with Gasteiger partial charge in [0.1, 0.15) is 128 Å². The van der Waals surface area contributed by atoms with Crippen molar-refractivity contribution in [2.75, 3.05) is 18.1 Å². The molecule has 7 heterocycles. The topological polar surface area (TPSA) is 672 Å². The van der Waals surface area contributed by atoms with Gasteiger partial charge in [0.05, 0.1) is 55.4 Å². The van der Waals surface area contributed by atoms with Gasteiger partial charge in [0.25, 0.3) is 0 Å². The molecule has 7 rings (SSSR count). The second-order valence-electron chi connectivity index (χ2n) is 20.1. The van der Waals surface area contributed by atoms with E-state index in [0.29, 0.717) is 0 Å². The number of aliphatic hydroxyl groups excluding tert-OH is 30. The largest absolute Gasteiger partial charge is 0.394 e. The van der Waals surface area contributed by atoms with Crippen LogP contribution in [0.5, 0.6) is 0 Å². The van der Waals surface area contributed by atoms with Gasteiger partial charge in [0.15, 0.2) is 44.0 Å². The Balaban J connectivity index is 0.000000487. The van der Waals surface area contributed by atoms with Crippen molar-refractivity contribution in [2.45, 2.75) is 263 Å². The molecule has 7 saturated heterocycles. The van der Waals surface area contributed by atoms with Crippen LogP contribution in [0, 0.1) is 0 Å². The van der Waals surface area contributed by atoms with Crippen LogP contribution in [-0.4, -0.2) is 392 Å². The van der Waals surface area contributed by atoms with E-state index in [0.717, 1.165) is 0 Å². The zero-order chi connectivity index (χ0) is 64.6. The van der Waals surface area contributed by atoms with Gasteiger partial charge in [-0.25, -0.2) is 0 Å². The molecule has 0 aromatic rings.